The second-order valence-corrected chi connectivity index (χ2v) is 6.53. The highest BCUT2D eigenvalue weighted by Crippen LogP contribution is 2.33. The van der Waals surface area contributed by atoms with Crippen molar-refractivity contribution in [1.29, 1.82) is 0 Å². The molecule has 27 heavy (non-hydrogen) atoms. The van der Waals surface area contributed by atoms with E-state index in [0.29, 0.717) is 12.1 Å². The zero-order valence-electron chi connectivity index (χ0n) is 15.3. The SMILES string of the molecule is Cc1cc(C)c(-n2nc(C=O)nc2-c2ccccc2)c(-c2ccccc2)c1. The maximum absolute atomic E-state index is 11.4. The first-order valence-electron chi connectivity index (χ1n) is 8.82. The highest BCUT2D eigenvalue weighted by molar-refractivity contribution is 5.78. The Kier molecular flexibility index (Phi) is 4.38. The Morgan fingerprint density at radius 2 is 1.48 bits per heavy atom. The summed E-state index contributed by atoms with van der Waals surface area (Å²) in [7, 11) is 0. The molecule has 0 aliphatic carbocycles. The molecular formula is C23H19N3O. The van der Waals surface area contributed by atoms with Crippen LogP contribution in [0.1, 0.15) is 21.7 Å². The van der Waals surface area contributed by atoms with Crippen LogP contribution in [-0.2, 0) is 0 Å². The van der Waals surface area contributed by atoms with Crippen molar-refractivity contribution in [3.05, 3.63) is 89.7 Å². The summed E-state index contributed by atoms with van der Waals surface area (Å²) < 4.78 is 1.79. The fourth-order valence-electron chi connectivity index (χ4n) is 3.39. The average Bonchev–Trinajstić information content (AvgIpc) is 3.13. The maximum Gasteiger partial charge on any atom is 0.215 e. The fourth-order valence-corrected chi connectivity index (χ4v) is 3.39. The number of hydrogen-bond donors (Lipinski definition) is 0. The van der Waals surface area contributed by atoms with Crippen LogP contribution in [-0.4, -0.2) is 21.1 Å². The highest BCUT2D eigenvalue weighted by Gasteiger charge is 2.19. The Labute approximate surface area is 158 Å². The van der Waals surface area contributed by atoms with Gasteiger partial charge in [0.25, 0.3) is 0 Å². The van der Waals surface area contributed by atoms with Crippen molar-refractivity contribution in [3.63, 3.8) is 0 Å². The van der Waals surface area contributed by atoms with E-state index >= 15 is 0 Å². The van der Waals surface area contributed by atoms with Gasteiger partial charge in [-0.25, -0.2) is 9.67 Å². The summed E-state index contributed by atoms with van der Waals surface area (Å²) in [6, 6.07) is 24.3. The van der Waals surface area contributed by atoms with Gasteiger partial charge in [0.2, 0.25) is 5.82 Å². The Bertz CT molecular complexity index is 1100. The first-order valence-corrected chi connectivity index (χ1v) is 8.82. The Morgan fingerprint density at radius 1 is 0.852 bits per heavy atom. The van der Waals surface area contributed by atoms with Gasteiger partial charge in [-0.3, -0.25) is 4.79 Å². The van der Waals surface area contributed by atoms with Gasteiger partial charge in [-0.05, 0) is 31.0 Å². The number of aryl methyl sites for hydroxylation is 2. The van der Waals surface area contributed by atoms with Crippen LogP contribution in [0.2, 0.25) is 0 Å². The molecule has 0 fully saturated rings. The summed E-state index contributed by atoms with van der Waals surface area (Å²) >= 11 is 0. The fraction of sp³-hybridized carbons (Fsp3) is 0.0870. The lowest BCUT2D eigenvalue weighted by Crippen LogP contribution is -2.05. The van der Waals surface area contributed by atoms with Crippen molar-refractivity contribution >= 4 is 6.29 Å². The van der Waals surface area contributed by atoms with Crippen LogP contribution in [0.4, 0.5) is 0 Å². The number of benzene rings is 3. The maximum atomic E-state index is 11.4. The van der Waals surface area contributed by atoms with Crippen LogP contribution >= 0.6 is 0 Å². The van der Waals surface area contributed by atoms with Crippen LogP contribution in [0.5, 0.6) is 0 Å². The number of carbonyl (C=O) groups is 1. The molecule has 0 spiro atoms. The van der Waals surface area contributed by atoms with E-state index in [1.807, 2.05) is 48.5 Å². The van der Waals surface area contributed by atoms with E-state index in [0.717, 1.165) is 27.9 Å². The van der Waals surface area contributed by atoms with E-state index in [1.54, 1.807) is 4.68 Å². The Morgan fingerprint density at radius 3 is 2.11 bits per heavy atom. The second-order valence-electron chi connectivity index (χ2n) is 6.53. The number of rotatable bonds is 4. The monoisotopic (exact) mass is 353 g/mol. The molecule has 0 aliphatic heterocycles. The van der Waals surface area contributed by atoms with Crippen molar-refractivity contribution in [2.75, 3.05) is 0 Å². The van der Waals surface area contributed by atoms with E-state index in [9.17, 15) is 4.79 Å². The van der Waals surface area contributed by atoms with E-state index in [4.69, 9.17) is 0 Å². The second kappa shape index (κ2) is 7.00. The van der Waals surface area contributed by atoms with Gasteiger partial charge in [0.15, 0.2) is 12.1 Å². The third-order valence-electron chi connectivity index (χ3n) is 4.50. The van der Waals surface area contributed by atoms with Crippen molar-refractivity contribution < 1.29 is 4.79 Å². The van der Waals surface area contributed by atoms with Gasteiger partial charge in [0, 0.05) is 11.1 Å². The van der Waals surface area contributed by atoms with Crippen LogP contribution < -0.4 is 0 Å². The minimum absolute atomic E-state index is 0.174. The Hall–Kier alpha value is -3.53. The van der Waals surface area contributed by atoms with Crippen molar-refractivity contribution in [1.82, 2.24) is 14.8 Å². The molecule has 0 radical (unpaired) electrons. The average molecular weight is 353 g/mol. The molecule has 0 unspecified atom stereocenters. The van der Waals surface area contributed by atoms with Crippen molar-refractivity contribution in [2.24, 2.45) is 0 Å². The molecule has 132 valence electrons. The van der Waals surface area contributed by atoms with Crippen LogP contribution in [0.15, 0.2) is 72.8 Å². The summed E-state index contributed by atoms with van der Waals surface area (Å²) in [4.78, 5) is 15.8. The molecule has 0 bridgehead atoms. The molecule has 1 heterocycles. The lowest BCUT2D eigenvalue weighted by molar-refractivity contribution is 0.111. The van der Waals surface area contributed by atoms with Gasteiger partial charge in [-0.1, -0.05) is 72.3 Å². The zero-order chi connectivity index (χ0) is 18.8. The van der Waals surface area contributed by atoms with Gasteiger partial charge < -0.3 is 0 Å². The third kappa shape index (κ3) is 3.17. The largest absolute Gasteiger partial charge is 0.294 e. The van der Waals surface area contributed by atoms with Crippen LogP contribution in [0.25, 0.3) is 28.2 Å². The first-order chi connectivity index (χ1) is 13.2. The molecule has 0 N–H and O–H groups in total. The molecule has 0 saturated heterocycles. The lowest BCUT2D eigenvalue weighted by atomic mass is 9.97. The topological polar surface area (TPSA) is 47.8 Å². The number of nitrogens with zero attached hydrogens (tertiary/aromatic N) is 3. The summed E-state index contributed by atoms with van der Waals surface area (Å²) in [5, 5.41) is 4.49. The van der Waals surface area contributed by atoms with Crippen LogP contribution in [0, 0.1) is 13.8 Å². The van der Waals surface area contributed by atoms with E-state index < -0.39 is 0 Å². The first kappa shape index (κ1) is 16.9. The summed E-state index contributed by atoms with van der Waals surface area (Å²) in [5.74, 6) is 0.828. The highest BCUT2D eigenvalue weighted by atomic mass is 16.1. The quantitative estimate of drug-likeness (QED) is 0.483. The third-order valence-corrected chi connectivity index (χ3v) is 4.50. The predicted molar refractivity (Wildman–Crippen MR) is 107 cm³/mol. The van der Waals surface area contributed by atoms with E-state index in [1.165, 1.54) is 5.56 Å². The Balaban J connectivity index is 2.03. The van der Waals surface area contributed by atoms with Crippen molar-refractivity contribution in [2.45, 2.75) is 13.8 Å². The van der Waals surface area contributed by atoms with E-state index in [2.05, 4.69) is 48.2 Å². The molecule has 4 aromatic rings. The van der Waals surface area contributed by atoms with Gasteiger partial charge in [-0.2, -0.15) is 0 Å². The lowest BCUT2D eigenvalue weighted by Gasteiger charge is -2.16. The standard InChI is InChI=1S/C23H19N3O/c1-16-13-17(2)22(20(14-16)18-9-5-3-6-10-18)26-23(24-21(15-27)25-26)19-11-7-4-8-12-19/h3-15H,1-2H3. The van der Waals surface area contributed by atoms with Crippen LogP contribution in [0.3, 0.4) is 0 Å². The molecule has 4 rings (SSSR count). The number of aldehydes is 1. The predicted octanol–water partition coefficient (Wildman–Crippen LogP) is 5.03. The zero-order valence-corrected chi connectivity index (χ0v) is 15.3. The van der Waals surface area contributed by atoms with Gasteiger partial charge in [0.1, 0.15) is 0 Å². The van der Waals surface area contributed by atoms with Crippen molar-refractivity contribution in [3.8, 4) is 28.2 Å². The molecule has 0 saturated carbocycles. The van der Waals surface area contributed by atoms with E-state index in [-0.39, 0.29) is 5.82 Å². The molecular weight excluding hydrogens is 334 g/mol. The number of aromatic nitrogens is 3. The molecule has 4 nitrogen and oxygen atoms in total. The molecule has 3 aromatic carbocycles. The molecule has 0 atom stereocenters. The molecule has 1 aromatic heterocycles. The minimum atomic E-state index is 0.174. The summed E-state index contributed by atoms with van der Waals surface area (Å²) in [6.07, 6.45) is 0.689. The summed E-state index contributed by atoms with van der Waals surface area (Å²) in [5.41, 5.74) is 6.26. The number of hydrogen-bond acceptors (Lipinski definition) is 3. The molecule has 4 heteroatoms. The number of carbonyl (C=O) groups excluding carboxylic acids is 1. The molecule has 0 amide bonds. The van der Waals surface area contributed by atoms with Gasteiger partial charge in [0.05, 0.1) is 5.69 Å². The smallest absolute Gasteiger partial charge is 0.215 e. The van der Waals surface area contributed by atoms with Gasteiger partial charge in [-0.15, -0.1) is 5.10 Å². The minimum Gasteiger partial charge on any atom is -0.294 e. The summed E-state index contributed by atoms with van der Waals surface area (Å²) in [6.45, 7) is 4.14. The molecule has 0 aliphatic rings. The normalized spacial score (nSPS) is 10.7. The van der Waals surface area contributed by atoms with Gasteiger partial charge >= 0.3 is 0 Å².